The molecule has 3 rings (SSSR count). The van der Waals surface area contributed by atoms with Gasteiger partial charge in [0.25, 0.3) is 0 Å². The van der Waals surface area contributed by atoms with Crippen LogP contribution in [0.4, 0.5) is 0 Å². The van der Waals surface area contributed by atoms with Crippen molar-refractivity contribution >= 4 is 11.6 Å². The Labute approximate surface area is 130 Å². The molecule has 1 aliphatic rings. The molecule has 1 aliphatic carbocycles. The number of pyridine rings is 1. The first-order valence-corrected chi connectivity index (χ1v) is 7.60. The Morgan fingerprint density at radius 1 is 1.29 bits per heavy atom. The summed E-state index contributed by atoms with van der Waals surface area (Å²) in [4.78, 5) is 4.12. The molecule has 1 fully saturated rings. The zero-order chi connectivity index (χ0) is 14.7. The molecule has 0 aliphatic heterocycles. The van der Waals surface area contributed by atoms with Crippen LogP contribution in [0.2, 0.25) is 5.02 Å². The van der Waals surface area contributed by atoms with Gasteiger partial charge in [-0.15, -0.1) is 0 Å². The molecule has 110 valence electrons. The van der Waals surface area contributed by atoms with E-state index in [0.29, 0.717) is 17.8 Å². The maximum Gasteiger partial charge on any atom is 0.213 e. The Balaban J connectivity index is 1.49. The van der Waals surface area contributed by atoms with E-state index in [-0.39, 0.29) is 0 Å². The van der Waals surface area contributed by atoms with Crippen LogP contribution in [0.15, 0.2) is 42.6 Å². The molecule has 1 saturated carbocycles. The lowest BCUT2D eigenvalue weighted by atomic mass is 9.76. The number of hydrogen-bond donors (Lipinski definition) is 1. The number of halogens is 1. The molecule has 1 heterocycles. The van der Waals surface area contributed by atoms with Crippen LogP contribution in [-0.4, -0.2) is 18.1 Å². The third-order valence-electron chi connectivity index (χ3n) is 4.06. The van der Waals surface area contributed by atoms with Gasteiger partial charge in [0.15, 0.2) is 0 Å². The smallest absolute Gasteiger partial charge is 0.213 e. The Morgan fingerprint density at radius 3 is 2.90 bits per heavy atom. The summed E-state index contributed by atoms with van der Waals surface area (Å²) in [5.41, 5.74) is 2.55. The molecule has 0 amide bonds. The highest BCUT2D eigenvalue weighted by Crippen LogP contribution is 2.37. The van der Waals surface area contributed by atoms with Gasteiger partial charge in [-0.2, -0.15) is 0 Å². The lowest BCUT2D eigenvalue weighted by Crippen LogP contribution is -2.39. The van der Waals surface area contributed by atoms with Crippen LogP contribution in [0.25, 0.3) is 0 Å². The van der Waals surface area contributed by atoms with Crippen LogP contribution >= 0.6 is 11.6 Å². The summed E-state index contributed by atoms with van der Waals surface area (Å²) in [7, 11) is 1.64. The van der Waals surface area contributed by atoms with Crippen molar-refractivity contribution in [3.05, 3.63) is 58.7 Å². The number of nitrogens with zero attached hydrogens (tertiary/aromatic N) is 1. The molecule has 0 unspecified atom stereocenters. The maximum atomic E-state index is 6.04. The Bertz CT molecular complexity index is 611. The highest BCUT2D eigenvalue weighted by molar-refractivity contribution is 6.30. The number of aromatic nitrogens is 1. The molecule has 4 heteroatoms. The van der Waals surface area contributed by atoms with E-state index < -0.39 is 0 Å². The van der Waals surface area contributed by atoms with Gasteiger partial charge in [-0.3, -0.25) is 0 Å². The molecule has 0 bridgehead atoms. The number of methoxy groups -OCH3 is 1. The molecule has 1 aromatic heterocycles. The summed E-state index contributed by atoms with van der Waals surface area (Å²) in [6.07, 6.45) is 4.12. The zero-order valence-corrected chi connectivity index (χ0v) is 12.8. The number of hydrogen-bond acceptors (Lipinski definition) is 3. The van der Waals surface area contributed by atoms with Crippen molar-refractivity contribution in [2.75, 3.05) is 7.11 Å². The number of benzene rings is 1. The van der Waals surface area contributed by atoms with Gasteiger partial charge in [-0.25, -0.2) is 4.98 Å². The number of ether oxygens (including phenoxy) is 1. The van der Waals surface area contributed by atoms with Gasteiger partial charge < -0.3 is 10.1 Å². The lowest BCUT2D eigenvalue weighted by Gasteiger charge is -2.36. The average Bonchev–Trinajstić information content (AvgIpc) is 2.46. The third kappa shape index (κ3) is 3.55. The number of rotatable bonds is 5. The monoisotopic (exact) mass is 302 g/mol. The van der Waals surface area contributed by atoms with Crippen molar-refractivity contribution in [2.24, 2.45) is 0 Å². The molecular formula is C17H19ClN2O. The number of nitrogens with one attached hydrogen (secondary N) is 1. The quantitative estimate of drug-likeness (QED) is 0.912. The minimum absolute atomic E-state index is 0.577. The minimum atomic E-state index is 0.577. The predicted molar refractivity (Wildman–Crippen MR) is 84.8 cm³/mol. The second kappa shape index (κ2) is 6.46. The lowest BCUT2D eigenvalue weighted by molar-refractivity contribution is 0.289. The summed E-state index contributed by atoms with van der Waals surface area (Å²) < 4.78 is 5.14. The molecule has 3 nitrogen and oxygen atoms in total. The molecule has 0 atom stereocenters. The van der Waals surface area contributed by atoms with Gasteiger partial charge in [0.2, 0.25) is 5.88 Å². The Morgan fingerprint density at radius 2 is 2.14 bits per heavy atom. The van der Waals surface area contributed by atoms with E-state index >= 15 is 0 Å². The molecule has 1 aromatic carbocycles. The summed E-state index contributed by atoms with van der Waals surface area (Å²) in [5, 5.41) is 4.41. The largest absolute Gasteiger partial charge is 0.481 e. The van der Waals surface area contributed by atoms with E-state index in [1.807, 2.05) is 24.3 Å². The van der Waals surface area contributed by atoms with Crippen LogP contribution in [0.5, 0.6) is 5.88 Å². The topological polar surface area (TPSA) is 34.1 Å². The van der Waals surface area contributed by atoms with Gasteiger partial charge in [-0.1, -0.05) is 23.7 Å². The van der Waals surface area contributed by atoms with Crippen molar-refractivity contribution < 1.29 is 4.74 Å². The molecule has 0 saturated heterocycles. The van der Waals surface area contributed by atoms with Crippen LogP contribution in [0.1, 0.15) is 29.9 Å². The Kier molecular flexibility index (Phi) is 4.42. The molecule has 0 spiro atoms. The SMILES string of the molecule is COc1cc(CNC2CC(c3cccc(Cl)c3)C2)ccn1. The highest BCUT2D eigenvalue weighted by Gasteiger charge is 2.29. The van der Waals surface area contributed by atoms with Crippen LogP contribution in [0, 0.1) is 0 Å². The van der Waals surface area contributed by atoms with Crippen molar-refractivity contribution in [3.8, 4) is 5.88 Å². The normalized spacial score (nSPS) is 20.9. The van der Waals surface area contributed by atoms with Gasteiger partial charge in [0, 0.05) is 29.9 Å². The van der Waals surface area contributed by atoms with Crippen LogP contribution in [-0.2, 0) is 6.54 Å². The van der Waals surface area contributed by atoms with Gasteiger partial charge in [0.1, 0.15) is 0 Å². The summed E-state index contributed by atoms with van der Waals surface area (Å²) in [5.74, 6) is 1.30. The molecule has 1 N–H and O–H groups in total. The second-order valence-electron chi connectivity index (χ2n) is 5.51. The standard InChI is InChI=1S/C17H19ClN2O/c1-21-17-7-12(5-6-19-17)11-20-16-9-14(10-16)13-3-2-4-15(18)8-13/h2-8,14,16,20H,9-11H2,1H3. The van der Waals surface area contributed by atoms with Gasteiger partial charge in [0.05, 0.1) is 7.11 Å². The maximum absolute atomic E-state index is 6.04. The van der Waals surface area contributed by atoms with Crippen molar-refractivity contribution in [3.63, 3.8) is 0 Å². The van der Waals surface area contributed by atoms with E-state index in [1.54, 1.807) is 13.3 Å². The summed E-state index contributed by atoms with van der Waals surface area (Å²) in [6.45, 7) is 0.853. The highest BCUT2D eigenvalue weighted by atomic mass is 35.5. The predicted octanol–water partition coefficient (Wildman–Crippen LogP) is 3.78. The van der Waals surface area contributed by atoms with E-state index in [1.165, 1.54) is 24.0 Å². The van der Waals surface area contributed by atoms with E-state index in [9.17, 15) is 0 Å². The summed E-state index contributed by atoms with van der Waals surface area (Å²) in [6, 6.07) is 12.8. The fraction of sp³-hybridized carbons (Fsp3) is 0.353. The fourth-order valence-electron chi connectivity index (χ4n) is 2.75. The fourth-order valence-corrected chi connectivity index (χ4v) is 2.95. The first kappa shape index (κ1) is 14.4. The minimum Gasteiger partial charge on any atom is -0.481 e. The van der Waals surface area contributed by atoms with Crippen molar-refractivity contribution in [1.82, 2.24) is 10.3 Å². The van der Waals surface area contributed by atoms with Gasteiger partial charge in [-0.05, 0) is 48.1 Å². The van der Waals surface area contributed by atoms with Crippen molar-refractivity contribution in [1.29, 1.82) is 0 Å². The van der Waals surface area contributed by atoms with E-state index in [4.69, 9.17) is 16.3 Å². The van der Waals surface area contributed by atoms with Crippen LogP contribution in [0.3, 0.4) is 0 Å². The molecule has 21 heavy (non-hydrogen) atoms. The first-order valence-electron chi connectivity index (χ1n) is 7.22. The van der Waals surface area contributed by atoms with Gasteiger partial charge >= 0.3 is 0 Å². The average molecular weight is 303 g/mol. The van der Waals surface area contributed by atoms with E-state index in [0.717, 1.165) is 11.6 Å². The van der Waals surface area contributed by atoms with Crippen LogP contribution < -0.4 is 10.1 Å². The van der Waals surface area contributed by atoms with E-state index in [2.05, 4.69) is 22.4 Å². The first-order chi connectivity index (χ1) is 10.2. The second-order valence-corrected chi connectivity index (χ2v) is 5.94. The molecule has 0 radical (unpaired) electrons. The Hall–Kier alpha value is -1.58. The van der Waals surface area contributed by atoms with Crippen molar-refractivity contribution in [2.45, 2.75) is 31.3 Å². The molecule has 2 aromatic rings. The zero-order valence-electron chi connectivity index (χ0n) is 12.1. The summed E-state index contributed by atoms with van der Waals surface area (Å²) >= 11 is 6.04. The molecular weight excluding hydrogens is 284 g/mol. The third-order valence-corrected chi connectivity index (χ3v) is 4.30.